The number of rotatable bonds is 4. The summed E-state index contributed by atoms with van der Waals surface area (Å²) in [5.74, 6) is 0.809. The Kier molecular flexibility index (Phi) is 3.78. The molecule has 4 N–H and O–H groups in total. The number of phenols is 1. The fourth-order valence-electron chi connectivity index (χ4n) is 2.50. The van der Waals surface area contributed by atoms with E-state index in [1.807, 2.05) is 26.1 Å². The zero-order chi connectivity index (χ0) is 13.3. The van der Waals surface area contributed by atoms with E-state index in [0.29, 0.717) is 5.92 Å². The molecular formula is C14H22N2O2. The molecule has 0 heterocycles. The molecule has 1 saturated carbocycles. The van der Waals surface area contributed by atoms with Crippen molar-refractivity contribution in [2.24, 2.45) is 11.7 Å². The second-order valence-corrected chi connectivity index (χ2v) is 5.40. The van der Waals surface area contributed by atoms with Crippen LogP contribution in [0.3, 0.4) is 0 Å². The van der Waals surface area contributed by atoms with E-state index in [2.05, 4.69) is 4.90 Å². The van der Waals surface area contributed by atoms with Crippen molar-refractivity contribution in [3.05, 3.63) is 23.8 Å². The van der Waals surface area contributed by atoms with Crippen LogP contribution in [0.4, 0.5) is 5.69 Å². The third-order valence-electron chi connectivity index (χ3n) is 3.69. The topological polar surface area (TPSA) is 69.7 Å². The van der Waals surface area contributed by atoms with E-state index in [-0.39, 0.29) is 17.9 Å². The minimum absolute atomic E-state index is 0.114. The molecule has 0 radical (unpaired) electrons. The van der Waals surface area contributed by atoms with Gasteiger partial charge in [-0.1, -0.05) is 6.07 Å². The van der Waals surface area contributed by atoms with Crippen LogP contribution >= 0.6 is 0 Å². The summed E-state index contributed by atoms with van der Waals surface area (Å²) in [4.78, 5) is 2.11. The Bertz CT molecular complexity index is 414. The molecule has 4 heteroatoms. The summed E-state index contributed by atoms with van der Waals surface area (Å²) >= 11 is 0. The van der Waals surface area contributed by atoms with E-state index < -0.39 is 0 Å². The van der Waals surface area contributed by atoms with Gasteiger partial charge in [0, 0.05) is 37.0 Å². The molecule has 1 atom stereocenters. The molecule has 1 aliphatic rings. The Morgan fingerprint density at radius 3 is 2.61 bits per heavy atom. The number of hydrogen-bond acceptors (Lipinski definition) is 4. The number of phenolic OH excluding ortho intramolecular Hbond substituents is 1. The molecule has 0 bridgehead atoms. The fraction of sp³-hybridized carbons (Fsp3) is 0.571. The van der Waals surface area contributed by atoms with E-state index in [1.165, 1.54) is 0 Å². The van der Waals surface area contributed by atoms with Gasteiger partial charge >= 0.3 is 0 Å². The number of anilines is 1. The van der Waals surface area contributed by atoms with Crippen molar-refractivity contribution in [2.75, 3.05) is 18.5 Å². The van der Waals surface area contributed by atoms with E-state index in [9.17, 15) is 10.2 Å². The summed E-state index contributed by atoms with van der Waals surface area (Å²) < 4.78 is 0. The summed E-state index contributed by atoms with van der Waals surface area (Å²) in [6.45, 7) is 2.77. The van der Waals surface area contributed by atoms with Gasteiger partial charge in [0.15, 0.2) is 0 Å². The standard InChI is InChI=1S/C14H22N2O2/c1-9(15)13-4-3-11(7-14(13)18)16(2)8-10-5-12(17)6-10/h3-4,7,9-10,12,17-18H,5-6,8,15H2,1-2H3. The lowest BCUT2D eigenvalue weighted by molar-refractivity contribution is 0.0465. The molecule has 0 spiro atoms. The molecule has 0 aliphatic heterocycles. The number of aromatic hydroxyl groups is 1. The van der Waals surface area contributed by atoms with Crippen LogP contribution in [0.15, 0.2) is 18.2 Å². The number of aliphatic hydroxyl groups excluding tert-OH is 1. The molecule has 1 aliphatic carbocycles. The Morgan fingerprint density at radius 1 is 1.44 bits per heavy atom. The normalized spacial score (nSPS) is 24.4. The molecule has 1 aromatic rings. The van der Waals surface area contributed by atoms with E-state index in [4.69, 9.17) is 5.73 Å². The zero-order valence-electron chi connectivity index (χ0n) is 11.0. The van der Waals surface area contributed by atoms with Crippen molar-refractivity contribution in [1.82, 2.24) is 0 Å². The molecule has 4 nitrogen and oxygen atoms in total. The van der Waals surface area contributed by atoms with Gasteiger partial charge in [0.25, 0.3) is 0 Å². The number of nitrogens with two attached hydrogens (primary N) is 1. The van der Waals surface area contributed by atoms with Gasteiger partial charge in [0.05, 0.1) is 6.10 Å². The maximum atomic E-state index is 9.91. The maximum absolute atomic E-state index is 9.91. The van der Waals surface area contributed by atoms with Gasteiger partial charge in [-0.3, -0.25) is 0 Å². The molecule has 1 fully saturated rings. The molecule has 0 aromatic heterocycles. The first kappa shape index (κ1) is 13.2. The van der Waals surface area contributed by atoms with Crippen LogP contribution in [0.5, 0.6) is 5.75 Å². The lowest BCUT2D eigenvalue weighted by Gasteiger charge is -2.35. The summed E-state index contributed by atoms with van der Waals surface area (Å²) in [6.07, 6.45) is 1.65. The third kappa shape index (κ3) is 2.76. The average Bonchev–Trinajstić information content (AvgIpc) is 2.26. The molecule has 2 rings (SSSR count). The molecule has 0 saturated heterocycles. The highest BCUT2D eigenvalue weighted by Gasteiger charge is 2.28. The van der Waals surface area contributed by atoms with E-state index in [0.717, 1.165) is 30.6 Å². The van der Waals surface area contributed by atoms with Crippen LogP contribution in [0.1, 0.15) is 31.4 Å². The van der Waals surface area contributed by atoms with Gasteiger partial charge in [0.2, 0.25) is 0 Å². The third-order valence-corrected chi connectivity index (χ3v) is 3.69. The highest BCUT2D eigenvalue weighted by molar-refractivity contribution is 5.53. The van der Waals surface area contributed by atoms with Gasteiger partial charge in [-0.05, 0) is 31.7 Å². The first-order valence-corrected chi connectivity index (χ1v) is 6.45. The highest BCUT2D eigenvalue weighted by Crippen LogP contribution is 2.31. The largest absolute Gasteiger partial charge is 0.508 e. The second kappa shape index (κ2) is 5.16. The Morgan fingerprint density at radius 2 is 2.11 bits per heavy atom. The van der Waals surface area contributed by atoms with Crippen LogP contribution in [0.2, 0.25) is 0 Å². The lowest BCUT2D eigenvalue weighted by Crippen LogP contribution is -2.37. The average molecular weight is 250 g/mol. The van der Waals surface area contributed by atoms with Crippen LogP contribution in [-0.2, 0) is 0 Å². The second-order valence-electron chi connectivity index (χ2n) is 5.40. The first-order valence-electron chi connectivity index (χ1n) is 6.45. The van der Waals surface area contributed by atoms with Crippen LogP contribution < -0.4 is 10.6 Å². The Hall–Kier alpha value is -1.26. The Balaban J connectivity index is 2.02. The van der Waals surface area contributed by atoms with Gasteiger partial charge in [-0.15, -0.1) is 0 Å². The van der Waals surface area contributed by atoms with Crippen molar-refractivity contribution in [3.63, 3.8) is 0 Å². The number of hydrogen-bond donors (Lipinski definition) is 3. The molecule has 1 aromatic carbocycles. The van der Waals surface area contributed by atoms with E-state index in [1.54, 1.807) is 6.07 Å². The number of nitrogens with zero attached hydrogens (tertiary/aromatic N) is 1. The number of aliphatic hydroxyl groups is 1. The number of benzene rings is 1. The predicted molar refractivity (Wildman–Crippen MR) is 72.7 cm³/mol. The summed E-state index contributed by atoms with van der Waals surface area (Å²) in [7, 11) is 2.00. The summed E-state index contributed by atoms with van der Waals surface area (Å²) in [5.41, 5.74) is 7.52. The van der Waals surface area contributed by atoms with Gasteiger partial charge in [0.1, 0.15) is 5.75 Å². The smallest absolute Gasteiger partial charge is 0.122 e. The van der Waals surface area contributed by atoms with Gasteiger partial charge in [-0.2, -0.15) is 0 Å². The minimum atomic E-state index is -0.161. The van der Waals surface area contributed by atoms with Crippen LogP contribution in [0, 0.1) is 5.92 Å². The first-order chi connectivity index (χ1) is 8.47. The van der Waals surface area contributed by atoms with Crippen molar-refractivity contribution in [2.45, 2.75) is 31.9 Å². The molecular weight excluding hydrogens is 228 g/mol. The van der Waals surface area contributed by atoms with Crippen LogP contribution in [-0.4, -0.2) is 29.9 Å². The van der Waals surface area contributed by atoms with Crippen molar-refractivity contribution < 1.29 is 10.2 Å². The molecule has 18 heavy (non-hydrogen) atoms. The van der Waals surface area contributed by atoms with Gasteiger partial charge in [-0.25, -0.2) is 0 Å². The molecule has 0 amide bonds. The highest BCUT2D eigenvalue weighted by atomic mass is 16.3. The quantitative estimate of drug-likeness (QED) is 0.759. The Labute approximate surface area is 108 Å². The summed E-state index contributed by atoms with van der Waals surface area (Å²) in [6, 6.07) is 5.45. The summed E-state index contributed by atoms with van der Waals surface area (Å²) in [5, 5.41) is 19.2. The predicted octanol–water partition coefficient (Wildman–Crippen LogP) is 1.62. The van der Waals surface area contributed by atoms with Crippen LogP contribution in [0.25, 0.3) is 0 Å². The van der Waals surface area contributed by atoms with Crippen molar-refractivity contribution in [3.8, 4) is 5.75 Å². The maximum Gasteiger partial charge on any atom is 0.122 e. The van der Waals surface area contributed by atoms with Crippen molar-refractivity contribution >= 4 is 5.69 Å². The fourth-order valence-corrected chi connectivity index (χ4v) is 2.50. The van der Waals surface area contributed by atoms with Gasteiger partial charge < -0.3 is 20.8 Å². The minimum Gasteiger partial charge on any atom is -0.508 e. The van der Waals surface area contributed by atoms with E-state index >= 15 is 0 Å². The monoisotopic (exact) mass is 250 g/mol. The zero-order valence-corrected chi connectivity index (χ0v) is 11.0. The molecule has 1 unspecified atom stereocenters. The molecule has 100 valence electrons. The van der Waals surface area contributed by atoms with Crippen molar-refractivity contribution in [1.29, 1.82) is 0 Å². The SMILES string of the molecule is CC(N)c1ccc(N(C)CC2CC(O)C2)cc1O. The lowest BCUT2D eigenvalue weighted by atomic mass is 9.82.